The molecule has 1 unspecified atom stereocenters. The van der Waals surface area contributed by atoms with E-state index in [0.717, 1.165) is 31.7 Å². The Hall–Kier alpha value is -1.61. The third-order valence-electron chi connectivity index (χ3n) is 3.79. The van der Waals surface area contributed by atoms with Crippen LogP contribution in [-0.2, 0) is 17.6 Å². The molecule has 1 aromatic heterocycles. The molecule has 0 fully saturated rings. The number of rotatable bonds is 4. The zero-order chi connectivity index (χ0) is 12.4. The monoisotopic (exact) mass is 242 g/mol. The number of aromatic amines is 1. The Balaban J connectivity index is 1.92. The number of hydrogen-bond acceptors (Lipinski definition) is 2. The Morgan fingerprint density at radius 1 is 1.44 bits per heavy atom. The fourth-order valence-corrected chi connectivity index (χ4v) is 2.93. The number of nitrogens with zero attached hydrogens (tertiary/aromatic N) is 1. The second-order valence-corrected chi connectivity index (χ2v) is 4.79. The molecule has 1 heterocycles. The van der Waals surface area contributed by atoms with Crippen LogP contribution in [0.1, 0.15) is 34.9 Å². The molecule has 0 amide bonds. The van der Waals surface area contributed by atoms with Crippen molar-refractivity contribution < 1.29 is 4.74 Å². The molecule has 0 radical (unpaired) electrons. The topological polar surface area (TPSA) is 37.9 Å². The van der Waals surface area contributed by atoms with E-state index in [1.165, 1.54) is 16.7 Å². The van der Waals surface area contributed by atoms with Gasteiger partial charge in [-0.05, 0) is 36.0 Å². The van der Waals surface area contributed by atoms with Gasteiger partial charge in [0.25, 0.3) is 0 Å². The summed E-state index contributed by atoms with van der Waals surface area (Å²) in [6, 6.07) is 6.62. The lowest BCUT2D eigenvalue weighted by molar-refractivity contribution is 0.202. The van der Waals surface area contributed by atoms with Crippen molar-refractivity contribution in [2.75, 3.05) is 13.7 Å². The number of aromatic nitrogens is 2. The molecule has 3 nitrogen and oxygen atoms in total. The van der Waals surface area contributed by atoms with Gasteiger partial charge in [-0.25, -0.2) is 4.98 Å². The van der Waals surface area contributed by atoms with E-state index in [-0.39, 0.29) is 0 Å². The van der Waals surface area contributed by atoms with Crippen LogP contribution in [0.15, 0.2) is 30.6 Å². The molecule has 3 rings (SSSR count). The summed E-state index contributed by atoms with van der Waals surface area (Å²) in [5.41, 5.74) is 4.39. The van der Waals surface area contributed by atoms with Crippen molar-refractivity contribution in [3.05, 3.63) is 53.1 Å². The van der Waals surface area contributed by atoms with Gasteiger partial charge in [-0.3, -0.25) is 0 Å². The number of ether oxygens (including phenoxy) is 1. The molecule has 0 saturated carbocycles. The summed E-state index contributed by atoms with van der Waals surface area (Å²) < 4.78 is 5.19. The number of imidazole rings is 1. The van der Waals surface area contributed by atoms with Gasteiger partial charge in [-0.15, -0.1) is 0 Å². The lowest BCUT2D eigenvalue weighted by Gasteiger charge is -2.11. The van der Waals surface area contributed by atoms with Gasteiger partial charge < -0.3 is 9.72 Å². The molecule has 2 aromatic rings. The molecule has 0 saturated heterocycles. The second kappa shape index (κ2) is 4.94. The highest BCUT2D eigenvalue weighted by molar-refractivity contribution is 5.44. The zero-order valence-corrected chi connectivity index (χ0v) is 10.6. The third kappa shape index (κ3) is 1.95. The Bertz CT molecular complexity index is 519. The maximum atomic E-state index is 5.19. The average Bonchev–Trinajstić information content (AvgIpc) is 3.04. The molecule has 1 aliphatic rings. The van der Waals surface area contributed by atoms with Crippen molar-refractivity contribution in [1.82, 2.24) is 9.97 Å². The van der Waals surface area contributed by atoms with Gasteiger partial charge in [0.15, 0.2) is 0 Å². The smallest absolute Gasteiger partial charge is 0.113 e. The van der Waals surface area contributed by atoms with E-state index in [2.05, 4.69) is 28.2 Å². The predicted molar refractivity (Wildman–Crippen MR) is 70.8 cm³/mol. The molecule has 1 N–H and O–H groups in total. The summed E-state index contributed by atoms with van der Waals surface area (Å²) in [7, 11) is 1.76. The molecule has 0 aliphatic heterocycles. The van der Waals surface area contributed by atoms with Gasteiger partial charge in [0.2, 0.25) is 0 Å². The number of fused-ring (bicyclic) bond motifs is 1. The fraction of sp³-hybridized carbons (Fsp3) is 0.400. The fourth-order valence-electron chi connectivity index (χ4n) is 2.93. The maximum absolute atomic E-state index is 5.19. The quantitative estimate of drug-likeness (QED) is 0.895. The van der Waals surface area contributed by atoms with Gasteiger partial charge in [0.1, 0.15) is 5.82 Å². The van der Waals surface area contributed by atoms with Gasteiger partial charge in [-0.1, -0.05) is 18.2 Å². The summed E-state index contributed by atoms with van der Waals surface area (Å²) in [5.74, 6) is 1.54. The first-order valence-corrected chi connectivity index (χ1v) is 6.49. The Kier molecular flexibility index (Phi) is 3.15. The van der Waals surface area contributed by atoms with E-state index >= 15 is 0 Å². The number of benzene rings is 1. The molecule has 18 heavy (non-hydrogen) atoms. The minimum absolute atomic E-state index is 0.442. The van der Waals surface area contributed by atoms with Crippen LogP contribution in [0.3, 0.4) is 0 Å². The van der Waals surface area contributed by atoms with Crippen molar-refractivity contribution >= 4 is 0 Å². The molecule has 3 heteroatoms. The van der Waals surface area contributed by atoms with Crippen LogP contribution in [0.25, 0.3) is 0 Å². The van der Waals surface area contributed by atoms with E-state index in [1.807, 2.05) is 12.4 Å². The van der Waals surface area contributed by atoms with Crippen molar-refractivity contribution in [1.29, 1.82) is 0 Å². The largest absolute Gasteiger partial charge is 0.384 e. The SMILES string of the molecule is COCCc1cccc2c1CCC2c1ncc[nH]1. The highest BCUT2D eigenvalue weighted by atomic mass is 16.5. The summed E-state index contributed by atoms with van der Waals surface area (Å²) in [4.78, 5) is 7.66. The van der Waals surface area contributed by atoms with Crippen LogP contribution in [0.5, 0.6) is 0 Å². The van der Waals surface area contributed by atoms with Gasteiger partial charge in [0, 0.05) is 25.4 Å². The van der Waals surface area contributed by atoms with Crippen LogP contribution in [0.4, 0.5) is 0 Å². The summed E-state index contributed by atoms with van der Waals surface area (Å²) in [6.45, 7) is 0.794. The van der Waals surface area contributed by atoms with E-state index < -0.39 is 0 Å². The molecular formula is C15H18N2O. The van der Waals surface area contributed by atoms with Crippen LogP contribution in [0.2, 0.25) is 0 Å². The first-order chi connectivity index (χ1) is 8.90. The summed E-state index contributed by atoms with van der Waals surface area (Å²) >= 11 is 0. The lowest BCUT2D eigenvalue weighted by Crippen LogP contribution is -2.01. The van der Waals surface area contributed by atoms with Crippen LogP contribution in [0, 0.1) is 0 Å². The third-order valence-corrected chi connectivity index (χ3v) is 3.79. The maximum Gasteiger partial charge on any atom is 0.113 e. The zero-order valence-electron chi connectivity index (χ0n) is 10.6. The first kappa shape index (κ1) is 11.5. The number of H-pyrrole nitrogens is 1. The molecule has 0 bridgehead atoms. The molecular weight excluding hydrogens is 224 g/mol. The molecule has 1 atom stereocenters. The first-order valence-electron chi connectivity index (χ1n) is 6.49. The van der Waals surface area contributed by atoms with E-state index in [9.17, 15) is 0 Å². The summed E-state index contributed by atoms with van der Waals surface area (Å²) in [5, 5.41) is 0. The van der Waals surface area contributed by atoms with Crippen molar-refractivity contribution in [3.63, 3.8) is 0 Å². The lowest BCUT2D eigenvalue weighted by atomic mass is 9.97. The van der Waals surface area contributed by atoms with Crippen LogP contribution >= 0.6 is 0 Å². The van der Waals surface area contributed by atoms with Crippen molar-refractivity contribution in [3.8, 4) is 0 Å². The summed E-state index contributed by atoms with van der Waals surface area (Å²) in [6.07, 6.45) is 7.06. The number of nitrogens with one attached hydrogen (secondary N) is 1. The molecule has 1 aromatic carbocycles. The predicted octanol–water partition coefficient (Wildman–Crippen LogP) is 2.68. The highest BCUT2D eigenvalue weighted by Crippen LogP contribution is 2.38. The van der Waals surface area contributed by atoms with Gasteiger partial charge >= 0.3 is 0 Å². The van der Waals surface area contributed by atoms with E-state index in [1.54, 1.807) is 7.11 Å². The van der Waals surface area contributed by atoms with Crippen LogP contribution in [-0.4, -0.2) is 23.7 Å². The number of hydrogen-bond donors (Lipinski definition) is 1. The standard InChI is InChI=1S/C15H18N2O/c1-18-10-7-11-3-2-4-13-12(11)5-6-14(13)15-16-8-9-17-15/h2-4,8-9,14H,5-7,10H2,1H3,(H,16,17). The minimum atomic E-state index is 0.442. The Labute approximate surface area is 107 Å². The molecule has 1 aliphatic carbocycles. The van der Waals surface area contributed by atoms with Gasteiger partial charge in [0.05, 0.1) is 6.61 Å². The Morgan fingerprint density at radius 3 is 3.17 bits per heavy atom. The second-order valence-electron chi connectivity index (χ2n) is 4.79. The highest BCUT2D eigenvalue weighted by Gasteiger charge is 2.26. The van der Waals surface area contributed by atoms with Crippen LogP contribution < -0.4 is 0 Å². The number of methoxy groups -OCH3 is 1. The Morgan fingerprint density at radius 2 is 2.39 bits per heavy atom. The van der Waals surface area contributed by atoms with Crippen molar-refractivity contribution in [2.24, 2.45) is 0 Å². The van der Waals surface area contributed by atoms with Gasteiger partial charge in [-0.2, -0.15) is 0 Å². The van der Waals surface area contributed by atoms with E-state index in [0.29, 0.717) is 5.92 Å². The normalized spacial score (nSPS) is 17.9. The average molecular weight is 242 g/mol. The molecule has 94 valence electrons. The molecule has 0 spiro atoms. The van der Waals surface area contributed by atoms with E-state index in [4.69, 9.17) is 4.74 Å². The van der Waals surface area contributed by atoms with Crippen molar-refractivity contribution in [2.45, 2.75) is 25.2 Å². The minimum Gasteiger partial charge on any atom is -0.384 e.